The van der Waals surface area contributed by atoms with Crippen LogP contribution in [0.1, 0.15) is 40.0 Å². The Kier molecular flexibility index (Phi) is 7.29. The van der Waals surface area contributed by atoms with E-state index in [4.69, 9.17) is 0 Å². The van der Waals surface area contributed by atoms with Crippen LogP contribution in [0, 0.1) is 0 Å². The molecule has 1 rings (SSSR count). The Labute approximate surface area is 119 Å². The van der Waals surface area contributed by atoms with Gasteiger partial charge < -0.3 is 15.3 Å². The second kappa shape index (κ2) is 8.20. The molecule has 19 heavy (non-hydrogen) atoms. The van der Waals surface area contributed by atoms with Crippen molar-refractivity contribution in [3.63, 3.8) is 0 Å². The van der Waals surface area contributed by atoms with Gasteiger partial charge in [-0.25, -0.2) is 0 Å². The predicted octanol–water partition coefficient (Wildman–Crippen LogP) is 1.15. The Hall–Kier alpha value is -0.160. The maximum Gasteiger partial charge on any atom is 0.0611 e. The van der Waals surface area contributed by atoms with Gasteiger partial charge in [0.15, 0.2) is 0 Å². The molecule has 0 aromatic heterocycles. The number of likely N-dealkylation sites (N-methyl/N-ethyl adjacent to an activating group) is 1. The van der Waals surface area contributed by atoms with Crippen LogP contribution in [0.25, 0.3) is 0 Å². The average Bonchev–Trinajstić information content (AvgIpc) is 2.55. The Morgan fingerprint density at radius 1 is 1.37 bits per heavy atom. The molecule has 1 fully saturated rings. The molecular formula is C15H33N3O. The van der Waals surface area contributed by atoms with Crippen molar-refractivity contribution in [1.82, 2.24) is 15.1 Å². The third-order valence-corrected chi connectivity index (χ3v) is 4.29. The number of hydrogen-bond acceptors (Lipinski definition) is 4. The van der Waals surface area contributed by atoms with Crippen molar-refractivity contribution in [3.8, 4) is 0 Å². The summed E-state index contributed by atoms with van der Waals surface area (Å²) < 4.78 is 0. The smallest absolute Gasteiger partial charge is 0.0611 e. The van der Waals surface area contributed by atoms with E-state index in [1.807, 2.05) is 0 Å². The predicted molar refractivity (Wildman–Crippen MR) is 81.6 cm³/mol. The van der Waals surface area contributed by atoms with E-state index in [1.165, 1.54) is 19.5 Å². The van der Waals surface area contributed by atoms with Gasteiger partial charge in [0, 0.05) is 24.7 Å². The molecule has 0 aromatic carbocycles. The molecule has 4 nitrogen and oxygen atoms in total. The Morgan fingerprint density at radius 2 is 2.11 bits per heavy atom. The van der Waals surface area contributed by atoms with Crippen LogP contribution in [0.2, 0.25) is 0 Å². The SMILES string of the molecule is CCCNC(C)(CO)CCN1CCCN(C)CC1C. The zero-order valence-corrected chi connectivity index (χ0v) is 13.3. The van der Waals surface area contributed by atoms with Crippen molar-refractivity contribution >= 4 is 0 Å². The maximum atomic E-state index is 9.62. The lowest BCUT2D eigenvalue weighted by atomic mass is 9.98. The highest BCUT2D eigenvalue weighted by molar-refractivity contribution is 4.85. The van der Waals surface area contributed by atoms with Crippen molar-refractivity contribution in [2.75, 3.05) is 46.4 Å². The lowest BCUT2D eigenvalue weighted by Gasteiger charge is -2.34. The van der Waals surface area contributed by atoms with E-state index in [1.54, 1.807) is 0 Å². The summed E-state index contributed by atoms with van der Waals surface area (Å²) in [7, 11) is 2.21. The summed E-state index contributed by atoms with van der Waals surface area (Å²) in [5.41, 5.74) is -0.131. The van der Waals surface area contributed by atoms with Crippen LogP contribution in [0.3, 0.4) is 0 Å². The minimum Gasteiger partial charge on any atom is -0.394 e. The molecular weight excluding hydrogens is 238 g/mol. The molecule has 1 saturated heterocycles. The van der Waals surface area contributed by atoms with Crippen molar-refractivity contribution in [2.45, 2.75) is 51.6 Å². The van der Waals surface area contributed by atoms with Crippen molar-refractivity contribution in [3.05, 3.63) is 0 Å². The number of hydrogen-bond donors (Lipinski definition) is 2. The minimum atomic E-state index is -0.131. The van der Waals surface area contributed by atoms with Crippen LogP contribution in [-0.2, 0) is 0 Å². The lowest BCUT2D eigenvalue weighted by molar-refractivity contribution is 0.131. The second-order valence-corrected chi connectivity index (χ2v) is 6.40. The number of aliphatic hydroxyl groups is 1. The van der Waals surface area contributed by atoms with E-state index in [2.05, 4.69) is 42.9 Å². The van der Waals surface area contributed by atoms with Crippen LogP contribution < -0.4 is 5.32 Å². The molecule has 4 heteroatoms. The first kappa shape index (κ1) is 16.9. The fourth-order valence-corrected chi connectivity index (χ4v) is 2.79. The zero-order valence-electron chi connectivity index (χ0n) is 13.3. The Morgan fingerprint density at radius 3 is 2.74 bits per heavy atom. The first-order valence-electron chi connectivity index (χ1n) is 7.79. The molecule has 114 valence electrons. The van der Waals surface area contributed by atoms with E-state index in [0.29, 0.717) is 6.04 Å². The largest absolute Gasteiger partial charge is 0.394 e. The minimum absolute atomic E-state index is 0.131. The fourth-order valence-electron chi connectivity index (χ4n) is 2.79. The first-order valence-corrected chi connectivity index (χ1v) is 7.79. The van der Waals surface area contributed by atoms with Crippen molar-refractivity contribution < 1.29 is 5.11 Å². The summed E-state index contributed by atoms with van der Waals surface area (Å²) in [6.07, 6.45) is 3.37. The number of nitrogens with one attached hydrogen (secondary N) is 1. The van der Waals surface area contributed by atoms with Gasteiger partial charge in [-0.1, -0.05) is 6.92 Å². The van der Waals surface area contributed by atoms with E-state index in [-0.39, 0.29) is 12.1 Å². The summed E-state index contributed by atoms with van der Waals surface area (Å²) >= 11 is 0. The molecule has 0 spiro atoms. The summed E-state index contributed by atoms with van der Waals surface area (Å²) in [5.74, 6) is 0. The van der Waals surface area contributed by atoms with Crippen LogP contribution in [0.15, 0.2) is 0 Å². The highest BCUT2D eigenvalue weighted by Gasteiger charge is 2.25. The van der Waals surface area contributed by atoms with E-state index in [0.717, 1.165) is 32.5 Å². The molecule has 1 aliphatic heterocycles. The van der Waals surface area contributed by atoms with E-state index >= 15 is 0 Å². The highest BCUT2D eigenvalue weighted by Crippen LogP contribution is 2.14. The van der Waals surface area contributed by atoms with Crippen LogP contribution in [-0.4, -0.2) is 72.9 Å². The molecule has 2 atom stereocenters. The summed E-state index contributed by atoms with van der Waals surface area (Å²) in [4.78, 5) is 5.00. The maximum absolute atomic E-state index is 9.62. The molecule has 1 heterocycles. The molecule has 2 N–H and O–H groups in total. The van der Waals surface area contributed by atoms with Gasteiger partial charge in [0.2, 0.25) is 0 Å². The summed E-state index contributed by atoms with van der Waals surface area (Å²) in [6, 6.07) is 0.613. The van der Waals surface area contributed by atoms with Crippen LogP contribution in [0.4, 0.5) is 0 Å². The highest BCUT2D eigenvalue weighted by atomic mass is 16.3. The molecule has 1 aliphatic rings. The lowest BCUT2D eigenvalue weighted by Crippen LogP contribution is -2.49. The average molecular weight is 271 g/mol. The molecule has 0 aliphatic carbocycles. The topological polar surface area (TPSA) is 38.7 Å². The van der Waals surface area contributed by atoms with Gasteiger partial charge >= 0.3 is 0 Å². The third kappa shape index (κ3) is 5.78. The molecule has 2 unspecified atom stereocenters. The number of aliphatic hydroxyl groups excluding tert-OH is 1. The first-order chi connectivity index (χ1) is 9.00. The van der Waals surface area contributed by atoms with E-state index < -0.39 is 0 Å². The molecule has 0 radical (unpaired) electrons. The normalized spacial score (nSPS) is 26.1. The molecule has 0 amide bonds. The van der Waals surface area contributed by atoms with Gasteiger partial charge in [0.25, 0.3) is 0 Å². The monoisotopic (exact) mass is 271 g/mol. The zero-order chi connectivity index (χ0) is 14.3. The summed E-state index contributed by atoms with van der Waals surface area (Å²) in [6.45, 7) is 12.4. The van der Waals surface area contributed by atoms with Crippen LogP contribution in [0.5, 0.6) is 0 Å². The molecule has 0 saturated carbocycles. The quantitative estimate of drug-likeness (QED) is 0.729. The molecule has 0 aromatic rings. The summed E-state index contributed by atoms with van der Waals surface area (Å²) in [5, 5.41) is 13.1. The van der Waals surface area contributed by atoms with E-state index in [9.17, 15) is 5.11 Å². The number of rotatable bonds is 7. The van der Waals surface area contributed by atoms with Gasteiger partial charge in [0.05, 0.1) is 6.61 Å². The van der Waals surface area contributed by atoms with Crippen molar-refractivity contribution in [2.24, 2.45) is 0 Å². The van der Waals surface area contributed by atoms with Gasteiger partial charge in [0.1, 0.15) is 0 Å². The molecule has 0 bridgehead atoms. The fraction of sp³-hybridized carbons (Fsp3) is 1.00. The van der Waals surface area contributed by atoms with Gasteiger partial charge in [-0.05, 0) is 59.8 Å². The second-order valence-electron chi connectivity index (χ2n) is 6.40. The Bertz CT molecular complexity index is 250. The Balaban J connectivity index is 2.44. The van der Waals surface area contributed by atoms with Crippen LogP contribution >= 0.6 is 0 Å². The van der Waals surface area contributed by atoms with Gasteiger partial charge in [-0.15, -0.1) is 0 Å². The van der Waals surface area contributed by atoms with Gasteiger partial charge in [-0.2, -0.15) is 0 Å². The van der Waals surface area contributed by atoms with Gasteiger partial charge in [-0.3, -0.25) is 4.90 Å². The standard InChI is InChI=1S/C15H33N3O/c1-5-8-16-15(3,13-19)7-11-18-10-6-9-17(4)12-14(18)2/h14,16,19H,5-13H2,1-4H3. The van der Waals surface area contributed by atoms with Crippen molar-refractivity contribution in [1.29, 1.82) is 0 Å². The number of nitrogens with zero attached hydrogens (tertiary/aromatic N) is 2. The third-order valence-electron chi connectivity index (χ3n) is 4.29.